The van der Waals surface area contributed by atoms with Crippen LogP contribution in [0, 0.1) is 12.8 Å². The Morgan fingerprint density at radius 3 is 2.53 bits per heavy atom. The molecule has 3 aromatic rings. The van der Waals surface area contributed by atoms with Crippen molar-refractivity contribution in [3.8, 4) is 0 Å². The number of rotatable bonds is 2. The number of anilines is 2. The lowest BCUT2D eigenvalue weighted by Gasteiger charge is -2.43. The smallest absolute Gasteiger partial charge is 0.251 e. The first-order chi connectivity index (χ1) is 17.4. The van der Waals surface area contributed by atoms with E-state index in [0.29, 0.717) is 39.6 Å². The van der Waals surface area contributed by atoms with Crippen LogP contribution in [0.4, 0.5) is 11.4 Å². The van der Waals surface area contributed by atoms with E-state index in [1.54, 1.807) is 12.1 Å². The number of halogens is 1. The maximum atomic E-state index is 14.4. The maximum Gasteiger partial charge on any atom is 0.251 e. The third-order valence-corrected chi connectivity index (χ3v) is 8.93. The minimum absolute atomic E-state index is 0.115. The van der Waals surface area contributed by atoms with Crippen molar-refractivity contribution in [2.24, 2.45) is 5.92 Å². The van der Waals surface area contributed by atoms with Gasteiger partial charge < -0.3 is 10.6 Å². The molecule has 2 amide bonds. The fraction of sp³-hybridized carbons (Fsp3) is 0.276. The van der Waals surface area contributed by atoms with Crippen LogP contribution in [0.1, 0.15) is 39.9 Å². The zero-order valence-corrected chi connectivity index (χ0v) is 20.4. The lowest BCUT2D eigenvalue weighted by molar-refractivity contribution is -0.137. The predicted octanol–water partition coefficient (Wildman–Crippen LogP) is 4.66. The topological polar surface area (TPSA) is 78.5 Å². The Morgan fingerprint density at radius 1 is 0.972 bits per heavy atom. The minimum atomic E-state index is -1.45. The van der Waals surface area contributed by atoms with Crippen molar-refractivity contribution in [1.29, 1.82) is 0 Å². The normalized spacial score (nSPS) is 29.8. The SMILES string of the molecule is Cc1cc(Cl)cc2c1NC(=O)[C@@]21N2CCC[C@@H]2[C@@H](C(=O)c2ccccc2)[C@]12C(=O)Nc1ccccc12. The fourth-order valence-electron chi connectivity index (χ4n) is 7.59. The number of hydrogen-bond donors (Lipinski definition) is 2. The van der Waals surface area contributed by atoms with E-state index >= 15 is 0 Å². The molecule has 180 valence electrons. The summed E-state index contributed by atoms with van der Waals surface area (Å²) in [5.41, 5.74) is 1.23. The van der Waals surface area contributed by atoms with Crippen LogP contribution >= 0.6 is 11.6 Å². The molecule has 0 aliphatic carbocycles. The highest BCUT2D eigenvalue weighted by atomic mass is 35.5. The Labute approximate surface area is 213 Å². The van der Waals surface area contributed by atoms with Gasteiger partial charge in [-0.2, -0.15) is 0 Å². The summed E-state index contributed by atoms with van der Waals surface area (Å²) >= 11 is 6.58. The van der Waals surface area contributed by atoms with E-state index in [9.17, 15) is 14.4 Å². The number of carbonyl (C=O) groups excluding carboxylic acids is 3. The summed E-state index contributed by atoms with van der Waals surface area (Å²) in [5, 5.41) is 6.66. The highest BCUT2D eigenvalue weighted by molar-refractivity contribution is 6.31. The number of hydrogen-bond acceptors (Lipinski definition) is 4. The van der Waals surface area contributed by atoms with E-state index in [2.05, 4.69) is 15.5 Å². The first-order valence-corrected chi connectivity index (χ1v) is 12.7. The molecule has 0 bridgehead atoms. The van der Waals surface area contributed by atoms with Crippen LogP contribution in [-0.4, -0.2) is 35.1 Å². The summed E-state index contributed by atoms with van der Waals surface area (Å²) in [4.78, 5) is 45.4. The van der Waals surface area contributed by atoms with Crippen molar-refractivity contribution in [2.75, 3.05) is 17.2 Å². The van der Waals surface area contributed by atoms with Gasteiger partial charge in [0.1, 0.15) is 11.0 Å². The monoisotopic (exact) mass is 497 g/mol. The second kappa shape index (κ2) is 7.28. The molecule has 0 aromatic heterocycles. The largest absolute Gasteiger partial charge is 0.325 e. The second-order valence-corrected chi connectivity index (χ2v) is 10.7. The molecule has 4 heterocycles. The van der Waals surface area contributed by atoms with E-state index < -0.39 is 16.9 Å². The first kappa shape index (κ1) is 21.8. The third-order valence-electron chi connectivity index (χ3n) is 8.71. The Bertz CT molecular complexity index is 1490. The van der Waals surface area contributed by atoms with Gasteiger partial charge in [0, 0.05) is 33.6 Å². The van der Waals surface area contributed by atoms with Crippen LogP contribution < -0.4 is 10.6 Å². The van der Waals surface area contributed by atoms with Gasteiger partial charge in [-0.15, -0.1) is 0 Å². The van der Waals surface area contributed by atoms with Gasteiger partial charge in [-0.25, -0.2) is 0 Å². The molecule has 0 radical (unpaired) electrons. The molecule has 4 aliphatic heterocycles. The number of fused-ring (bicyclic) bond motifs is 7. The van der Waals surface area contributed by atoms with Gasteiger partial charge >= 0.3 is 0 Å². The van der Waals surface area contributed by atoms with Crippen molar-refractivity contribution in [2.45, 2.75) is 36.8 Å². The van der Waals surface area contributed by atoms with Gasteiger partial charge in [0.2, 0.25) is 5.91 Å². The van der Waals surface area contributed by atoms with Gasteiger partial charge in [0.25, 0.3) is 5.91 Å². The Balaban J connectivity index is 1.62. The van der Waals surface area contributed by atoms with Gasteiger partial charge in [-0.3, -0.25) is 19.3 Å². The predicted molar refractivity (Wildman–Crippen MR) is 137 cm³/mol. The molecule has 2 spiro atoms. The van der Waals surface area contributed by atoms with E-state index in [0.717, 1.165) is 18.4 Å². The number of para-hydroxylation sites is 1. The number of ketones is 1. The molecule has 7 heteroatoms. The lowest BCUT2D eigenvalue weighted by Crippen LogP contribution is -2.62. The summed E-state index contributed by atoms with van der Waals surface area (Å²) in [5.74, 6) is -1.45. The molecule has 4 atom stereocenters. The van der Waals surface area contributed by atoms with Gasteiger partial charge in [0.15, 0.2) is 5.78 Å². The van der Waals surface area contributed by atoms with E-state index in [4.69, 9.17) is 11.6 Å². The number of amides is 2. The maximum absolute atomic E-state index is 14.4. The number of benzene rings is 3. The van der Waals surface area contributed by atoms with E-state index in [-0.39, 0.29) is 23.6 Å². The zero-order valence-electron chi connectivity index (χ0n) is 19.7. The first-order valence-electron chi connectivity index (χ1n) is 12.3. The van der Waals surface area contributed by atoms with Crippen LogP contribution in [0.2, 0.25) is 5.02 Å². The molecule has 36 heavy (non-hydrogen) atoms. The highest BCUT2D eigenvalue weighted by Crippen LogP contribution is 2.68. The van der Waals surface area contributed by atoms with Crippen LogP contribution in [0.25, 0.3) is 0 Å². The quantitative estimate of drug-likeness (QED) is 0.505. The minimum Gasteiger partial charge on any atom is -0.325 e. The van der Waals surface area contributed by atoms with Crippen LogP contribution in [0.3, 0.4) is 0 Å². The summed E-state index contributed by atoms with van der Waals surface area (Å²) in [6.07, 6.45) is 1.57. The molecule has 7 rings (SSSR count). The molecular formula is C29H24ClN3O3. The summed E-state index contributed by atoms with van der Waals surface area (Å²) in [6, 6.07) is 20.0. The number of nitrogens with one attached hydrogen (secondary N) is 2. The lowest BCUT2D eigenvalue weighted by atomic mass is 9.57. The van der Waals surface area contributed by atoms with E-state index in [1.165, 1.54) is 0 Å². The second-order valence-electron chi connectivity index (χ2n) is 10.2. The molecule has 6 nitrogen and oxygen atoms in total. The average Bonchev–Trinajstić information content (AvgIpc) is 3.59. The van der Waals surface area contributed by atoms with Crippen LogP contribution in [-0.2, 0) is 20.5 Å². The molecule has 2 N–H and O–H groups in total. The number of Topliss-reactive ketones (excluding diaryl/α,β-unsaturated/α-hetero) is 1. The Kier molecular flexibility index (Phi) is 4.40. The fourth-order valence-corrected chi connectivity index (χ4v) is 7.87. The third kappa shape index (κ3) is 2.34. The van der Waals surface area contributed by atoms with Crippen molar-refractivity contribution in [3.05, 3.63) is 94.0 Å². The highest BCUT2D eigenvalue weighted by Gasteiger charge is 2.81. The van der Waals surface area contributed by atoms with Gasteiger partial charge in [-0.05, 0) is 55.6 Å². The standard InChI is InChI=1S/C29H24ClN3O3/c1-16-14-18(30)15-20-24(16)32-27(36)29(20)28(19-10-5-6-11-21(19)31-26(28)35)23(22-12-7-13-33(22)29)25(34)17-8-3-2-4-9-17/h2-6,8-11,14-15,22-23H,7,12-13H2,1H3,(H,31,35)(H,32,36)/t22-,23+,28-,29+/m1/s1. The van der Waals surface area contributed by atoms with Crippen LogP contribution in [0.5, 0.6) is 0 Å². The Hall–Kier alpha value is -3.48. The summed E-state index contributed by atoms with van der Waals surface area (Å²) < 4.78 is 0. The van der Waals surface area contributed by atoms with Gasteiger partial charge in [-0.1, -0.05) is 60.1 Å². The summed E-state index contributed by atoms with van der Waals surface area (Å²) in [7, 11) is 0. The van der Waals surface area contributed by atoms with Gasteiger partial charge in [0.05, 0.1) is 5.92 Å². The van der Waals surface area contributed by atoms with Crippen molar-refractivity contribution in [3.63, 3.8) is 0 Å². The average molecular weight is 498 g/mol. The summed E-state index contributed by atoms with van der Waals surface area (Å²) in [6.45, 7) is 2.52. The van der Waals surface area contributed by atoms with Crippen molar-refractivity contribution >= 4 is 40.6 Å². The molecule has 3 aromatic carbocycles. The van der Waals surface area contributed by atoms with Crippen molar-refractivity contribution in [1.82, 2.24) is 4.90 Å². The molecule has 0 saturated carbocycles. The molecule has 2 fully saturated rings. The van der Waals surface area contributed by atoms with E-state index in [1.807, 2.05) is 61.5 Å². The molecular weight excluding hydrogens is 474 g/mol. The number of aryl methyl sites for hydroxylation is 1. The Morgan fingerprint density at radius 2 is 1.72 bits per heavy atom. The number of carbonyl (C=O) groups is 3. The molecule has 2 saturated heterocycles. The molecule has 0 unspecified atom stereocenters. The van der Waals surface area contributed by atoms with Crippen LogP contribution in [0.15, 0.2) is 66.7 Å². The molecule has 4 aliphatic rings. The number of nitrogens with zero attached hydrogens (tertiary/aromatic N) is 1. The van der Waals surface area contributed by atoms with Crippen molar-refractivity contribution < 1.29 is 14.4 Å². The zero-order chi connectivity index (χ0) is 24.8.